The van der Waals surface area contributed by atoms with Gasteiger partial charge in [-0.15, -0.1) is 4.65 Å². The number of hydrogen-bond acceptors (Lipinski definition) is 4. The molecule has 0 fully saturated rings. The van der Waals surface area contributed by atoms with Crippen molar-refractivity contribution in [2.75, 3.05) is 21.1 Å². The smallest absolute Gasteiger partial charge is 0.392 e. The van der Waals surface area contributed by atoms with E-state index in [0.29, 0.717) is 5.57 Å². The maximum absolute atomic E-state index is 11.2. The summed E-state index contributed by atoms with van der Waals surface area (Å²) in [6.07, 6.45) is 2.72. The normalized spacial score (nSPS) is 11.1. The third kappa shape index (κ3) is 12.4. The first kappa shape index (κ1) is 18.7. The lowest BCUT2D eigenvalue weighted by atomic mass is 10.2. The standard InChI is InChI=1S/C9H18NO2.C4H6O2/c1-6-7-8(2)9(11)12-10(3,4)5;1-3(2)4(5)6/h7H,6H2,1-5H3;1H2,2H3,(H,5,6)/q+1;/p-1. The van der Waals surface area contributed by atoms with Crippen molar-refractivity contribution < 1.29 is 24.2 Å². The monoisotopic (exact) mass is 257 g/mol. The van der Waals surface area contributed by atoms with E-state index in [1.807, 2.05) is 13.0 Å². The molecule has 0 N–H and O–H groups in total. The molecule has 0 aromatic heterocycles. The van der Waals surface area contributed by atoms with E-state index in [1.54, 1.807) is 28.1 Å². The molecule has 0 saturated heterocycles. The first-order valence-corrected chi connectivity index (χ1v) is 5.60. The second-order valence-electron chi connectivity index (χ2n) is 4.63. The summed E-state index contributed by atoms with van der Waals surface area (Å²) < 4.78 is 0.202. The molecule has 0 bridgehead atoms. The van der Waals surface area contributed by atoms with Crippen molar-refractivity contribution in [3.05, 3.63) is 23.8 Å². The highest BCUT2D eigenvalue weighted by molar-refractivity contribution is 5.87. The molecule has 0 rings (SSSR count). The van der Waals surface area contributed by atoms with Gasteiger partial charge in [0.05, 0.1) is 5.97 Å². The van der Waals surface area contributed by atoms with Crippen LogP contribution in [0.5, 0.6) is 0 Å². The largest absolute Gasteiger partial charge is 0.545 e. The van der Waals surface area contributed by atoms with Gasteiger partial charge in [-0.1, -0.05) is 19.6 Å². The zero-order valence-corrected chi connectivity index (χ0v) is 12.1. The van der Waals surface area contributed by atoms with Gasteiger partial charge in [-0.2, -0.15) is 0 Å². The van der Waals surface area contributed by atoms with Gasteiger partial charge in [-0.05, 0) is 25.8 Å². The highest BCUT2D eigenvalue weighted by Gasteiger charge is 2.16. The molecule has 0 radical (unpaired) electrons. The second kappa shape index (κ2) is 8.47. The third-order valence-electron chi connectivity index (χ3n) is 1.54. The number of carbonyl (C=O) groups is 2. The average molecular weight is 257 g/mol. The SMILES string of the molecule is C=C(C)C(=O)[O-].CCC=C(C)C(=O)O[N+](C)(C)C. The maximum Gasteiger partial charge on any atom is 0.392 e. The molecule has 0 amide bonds. The van der Waals surface area contributed by atoms with Crippen LogP contribution >= 0.6 is 0 Å². The fourth-order valence-corrected chi connectivity index (χ4v) is 0.710. The summed E-state index contributed by atoms with van der Waals surface area (Å²) in [7, 11) is 5.41. The van der Waals surface area contributed by atoms with E-state index in [0.717, 1.165) is 6.42 Å². The van der Waals surface area contributed by atoms with Crippen molar-refractivity contribution in [3.8, 4) is 0 Å². The molecular weight excluding hydrogens is 234 g/mol. The molecule has 104 valence electrons. The summed E-state index contributed by atoms with van der Waals surface area (Å²) in [4.78, 5) is 25.8. The number of allylic oxidation sites excluding steroid dienone is 1. The summed E-state index contributed by atoms with van der Waals surface area (Å²) in [6, 6.07) is 0. The minimum absolute atomic E-state index is 0.0648. The van der Waals surface area contributed by atoms with E-state index in [2.05, 4.69) is 6.58 Å². The van der Waals surface area contributed by atoms with E-state index < -0.39 is 5.97 Å². The van der Waals surface area contributed by atoms with Crippen molar-refractivity contribution >= 4 is 11.9 Å². The average Bonchev–Trinajstić information content (AvgIpc) is 2.16. The van der Waals surface area contributed by atoms with Crippen molar-refractivity contribution in [1.82, 2.24) is 0 Å². The Balaban J connectivity index is 0. The van der Waals surface area contributed by atoms with Crippen LogP contribution in [0.15, 0.2) is 23.8 Å². The quantitative estimate of drug-likeness (QED) is 0.425. The molecule has 0 aromatic carbocycles. The van der Waals surface area contributed by atoms with Gasteiger partial charge in [0.2, 0.25) is 0 Å². The summed E-state index contributed by atoms with van der Waals surface area (Å²) in [5.41, 5.74) is 0.737. The number of quaternary nitrogens is 1. The Bertz CT molecular complexity index is 325. The van der Waals surface area contributed by atoms with Gasteiger partial charge in [0, 0.05) is 5.57 Å². The highest BCUT2D eigenvalue weighted by atomic mass is 16.7. The predicted octanol–water partition coefficient (Wildman–Crippen LogP) is 0.819. The Hall–Kier alpha value is -1.62. The molecule has 0 saturated carbocycles. The minimum Gasteiger partial charge on any atom is -0.545 e. The maximum atomic E-state index is 11.2. The topological polar surface area (TPSA) is 66.4 Å². The first-order chi connectivity index (χ1) is 8.01. The Morgan fingerprint density at radius 2 is 1.67 bits per heavy atom. The number of hydroxylamine groups is 3. The molecular formula is C13H23NO4. The van der Waals surface area contributed by atoms with Gasteiger partial charge in [-0.25, -0.2) is 4.79 Å². The minimum atomic E-state index is -1.19. The number of nitrogens with zero attached hydrogens (tertiary/aromatic N) is 1. The molecule has 0 aliphatic heterocycles. The van der Waals surface area contributed by atoms with Crippen molar-refractivity contribution in [2.24, 2.45) is 0 Å². The van der Waals surface area contributed by atoms with Gasteiger partial charge in [0.15, 0.2) is 0 Å². The van der Waals surface area contributed by atoms with E-state index in [-0.39, 0.29) is 16.2 Å². The van der Waals surface area contributed by atoms with Gasteiger partial charge in [0.25, 0.3) is 0 Å². The Morgan fingerprint density at radius 1 is 1.28 bits per heavy atom. The van der Waals surface area contributed by atoms with Crippen molar-refractivity contribution in [3.63, 3.8) is 0 Å². The van der Waals surface area contributed by atoms with E-state index in [9.17, 15) is 14.7 Å². The van der Waals surface area contributed by atoms with Crippen LogP contribution in [0, 0.1) is 0 Å². The number of hydrogen-bond donors (Lipinski definition) is 0. The van der Waals surface area contributed by atoms with Crippen LogP contribution in [0.1, 0.15) is 27.2 Å². The van der Waals surface area contributed by atoms with Crippen LogP contribution in [0.25, 0.3) is 0 Å². The fourth-order valence-electron chi connectivity index (χ4n) is 0.710. The van der Waals surface area contributed by atoms with Gasteiger partial charge in [0.1, 0.15) is 21.1 Å². The Morgan fingerprint density at radius 3 is 1.89 bits per heavy atom. The molecule has 0 aromatic rings. The molecule has 18 heavy (non-hydrogen) atoms. The summed E-state index contributed by atoms with van der Waals surface area (Å²) in [5, 5.41) is 9.49. The lowest BCUT2D eigenvalue weighted by Crippen LogP contribution is -2.37. The van der Waals surface area contributed by atoms with Gasteiger partial charge >= 0.3 is 5.97 Å². The number of aliphatic carboxylic acids is 1. The van der Waals surface area contributed by atoms with E-state index in [4.69, 9.17) is 4.84 Å². The molecule has 0 heterocycles. The van der Waals surface area contributed by atoms with Crippen LogP contribution < -0.4 is 5.11 Å². The van der Waals surface area contributed by atoms with Gasteiger partial charge < -0.3 is 9.90 Å². The number of carboxylic acids is 1. The van der Waals surface area contributed by atoms with Gasteiger partial charge in [-0.3, -0.25) is 4.84 Å². The van der Waals surface area contributed by atoms with E-state index in [1.165, 1.54) is 6.92 Å². The first-order valence-electron chi connectivity index (χ1n) is 5.60. The molecule has 5 heteroatoms. The zero-order valence-electron chi connectivity index (χ0n) is 12.1. The number of carboxylic acid groups (broad SMARTS) is 1. The lowest BCUT2D eigenvalue weighted by Gasteiger charge is -2.20. The molecule has 5 nitrogen and oxygen atoms in total. The summed E-state index contributed by atoms with van der Waals surface area (Å²) >= 11 is 0. The van der Waals surface area contributed by atoms with E-state index >= 15 is 0 Å². The second-order valence-corrected chi connectivity index (χ2v) is 4.63. The summed E-state index contributed by atoms with van der Waals surface area (Å²) in [6.45, 7) is 8.23. The number of carbonyl (C=O) groups excluding carboxylic acids is 2. The van der Waals surface area contributed by atoms with Crippen LogP contribution in [0.3, 0.4) is 0 Å². The fraction of sp³-hybridized carbons (Fsp3) is 0.538. The Kier molecular flexibility index (Phi) is 8.81. The van der Waals surface area contributed by atoms with Crippen LogP contribution in [0.4, 0.5) is 0 Å². The summed E-state index contributed by atoms with van der Waals surface area (Å²) in [5.74, 6) is -1.43. The van der Waals surface area contributed by atoms with Crippen LogP contribution in [-0.2, 0) is 14.4 Å². The molecule has 0 spiro atoms. The zero-order chi connectivity index (χ0) is 14.9. The predicted molar refractivity (Wildman–Crippen MR) is 68.0 cm³/mol. The number of rotatable bonds is 4. The Labute approximate surface area is 109 Å². The van der Waals surface area contributed by atoms with Crippen LogP contribution in [-0.4, -0.2) is 37.7 Å². The molecule has 0 aliphatic carbocycles. The lowest BCUT2D eigenvalue weighted by molar-refractivity contribution is -1.04. The van der Waals surface area contributed by atoms with Crippen LogP contribution in [0.2, 0.25) is 0 Å². The molecule has 0 aliphatic rings. The van der Waals surface area contributed by atoms with Crippen molar-refractivity contribution in [1.29, 1.82) is 0 Å². The third-order valence-corrected chi connectivity index (χ3v) is 1.54. The van der Waals surface area contributed by atoms with Crippen molar-refractivity contribution in [2.45, 2.75) is 27.2 Å². The molecule has 0 atom stereocenters. The molecule has 0 unspecified atom stereocenters. The highest BCUT2D eigenvalue weighted by Crippen LogP contribution is 2.02.